The van der Waals surface area contributed by atoms with Crippen molar-refractivity contribution in [3.63, 3.8) is 0 Å². The summed E-state index contributed by atoms with van der Waals surface area (Å²) >= 11 is 0. The molecule has 178 valence electrons. The van der Waals surface area contributed by atoms with Crippen LogP contribution in [0.15, 0.2) is 53.7 Å². The Morgan fingerprint density at radius 1 is 1.11 bits per heavy atom. The molecule has 0 unspecified atom stereocenters. The van der Waals surface area contributed by atoms with E-state index in [0.29, 0.717) is 24.5 Å². The van der Waals surface area contributed by atoms with Crippen LogP contribution in [0.4, 0.5) is 4.39 Å². The SMILES string of the molecule is O=C(C1CC1)N1CC[C@@H](CN2C(=O)C3(CC3)N=C2c2ccc(-c3c[nH]c4ccccc34)cc2F)C1. The smallest absolute Gasteiger partial charge is 0.256 e. The number of H-pyrrole nitrogens is 1. The van der Waals surface area contributed by atoms with Crippen molar-refractivity contribution in [3.8, 4) is 11.1 Å². The van der Waals surface area contributed by atoms with Gasteiger partial charge in [0.25, 0.3) is 5.91 Å². The molecule has 2 saturated carbocycles. The van der Waals surface area contributed by atoms with Gasteiger partial charge in [-0.1, -0.05) is 24.3 Å². The van der Waals surface area contributed by atoms with E-state index in [4.69, 9.17) is 4.99 Å². The molecule has 1 aromatic heterocycles. The number of para-hydroxylation sites is 1. The minimum atomic E-state index is -0.695. The van der Waals surface area contributed by atoms with Crippen LogP contribution in [0, 0.1) is 17.7 Å². The number of carbonyl (C=O) groups is 2. The summed E-state index contributed by atoms with van der Waals surface area (Å²) in [6.45, 7) is 1.90. The summed E-state index contributed by atoms with van der Waals surface area (Å²) in [4.78, 5) is 37.4. The number of nitrogens with zero attached hydrogens (tertiary/aromatic N) is 3. The van der Waals surface area contributed by atoms with Gasteiger partial charge in [-0.05, 0) is 61.8 Å². The van der Waals surface area contributed by atoms with Crippen molar-refractivity contribution in [2.45, 2.75) is 37.6 Å². The van der Waals surface area contributed by atoms with E-state index in [1.807, 2.05) is 41.4 Å². The van der Waals surface area contributed by atoms with Crippen molar-refractivity contribution in [2.75, 3.05) is 19.6 Å². The normalized spacial score (nSPS) is 22.9. The predicted octanol–water partition coefficient (Wildman–Crippen LogP) is 4.35. The maximum absolute atomic E-state index is 15.6. The van der Waals surface area contributed by atoms with E-state index in [2.05, 4.69) is 4.98 Å². The maximum Gasteiger partial charge on any atom is 0.256 e. The molecule has 1 spiro atoms. The summed E-state index contributed by atoms with van der Waals surface area (Å²) in [6, 6.07) is 13.2. The molecule has 35 heavy (non-hydrogen) atoms. The molecular formula is C28H27FN4O2. The van der Waals surface area contributed by atoms with Gasteiger partial charge in [0.1, 0.15) is 17.2 Å². The second-order valence-corrected chi connectivity index (χ2v) is 10.5. The Morgan fingerprint density at radius 3 is 2.71 bits per heavy atom. The number of aromatic nitrogens is 1. The average molecular weight is 471 g/mol. The molecule has 1 atom stereocenters. The van der Waals surface area contributed by atoms with Crippen molar-refractivity contribution in [1.29, 1.82) is 0 Å². The molecule has 2 aromatic carbocycles. The van der Waals surface area contributed by atoms with E-state index in [1.165, 1.54) is 0 Å². The van der Waals surface area contributed by atoms with Gasteiger partial charge in [-0.3, -0.25) is 19.5 Å². The lowest BCUT2D eigenvalue weighted by Gasteiger charge is -2.24. The number of aromatic amines is 1. The molecule has 2 aliphatic heterocycles. The van der Waals surface area contributed by atoms with Gasteiger partial charge in [-0.25, -0.2) is 4.39 Å². The number of aliphatic imine (C=N–C) groups is 1. The molecule has 3 aromatic rings. The van der Waals surface area contributed by atoms with E-state index < -0.39 is 5.54 Å². The molecule has 3 heterocycles. The van der Waals surface area contributed by atoms with E-state index in [1.54, 1.807) is 17.0 Å². The second-order valence-electron chi connectivity index (χ2n) is 10.5. The number of nitrogens with one attached hydrogen (secondary N) is 1. The van der Waals surface area contributed by atoms with E-state index >= 15 is 4.39 Å². The van der Waals surface area contributed by atoms with Gasteiger partial charge in [0.05, 0.1) is 5.56 Å². The van der Waals surface area contributed by atoms with E-state index in [-0.39, 0.29) is 29.5 Å². The van der Waals surface area contributed by atoms with Gasteiger partial charge < -0.3 is 9.88 Å². The van der Waals surface area contributed by atoms with Crippen LogP contribution in [-0.2, 0) is 9.59 Å². The highest BCUT2D eigenvalue weighted by Crippen LogP contribution is 2.46. The van der Waals surface area contributed by atoms with Gasteiger partial charge in [-0.2, -0.15) is 0 Å². The zero-order chi connectivity index (χ0) is 23.7. The zero-order valence-corrected chi connectivity index (χ0v) is 19.5. The van der Waals surface area contributed by atoms with Crippen LogP contribution in [0.3, 0.4) is 0 Å². The minimum absolute atomic E-state index is 0.0143. The lowest BCUT2D eigenvalue weighted by molar-refractivity contribution is -0.131. The molecule has 7 rings (SSSR count). The Labute approximate surface area is 202 Å². The lowest BCUT2D eigenvalue weighted by atomic mass is 10.0. The number of likely N-dealkylation sites (tertiary alicyclic amines) is 1. The van der Waals surface area contributed by atoms with Crippen LogP contribution in [-0.4, -0.2) is 57.6 Å². The number of benzene rings is 2. The van der Waals surface area contributed by atoms with Gasteiger partial charge in [0, 0.05) is 48.2 Å². The summed E-state index contributed by atoms with van der Waals surface area (Å²) in [5.74, 6) is 0.709. The third kappa shape index (κ3) is 3.39. The first-order valence-corrected chi connectivity index (χ1v) is 12.6. The van der Waals surface area contributed by atoms with Crippen LogP contribution in [0.25, 0.3) is 22.0 Å². The molecule has 0 bridgehead atoms. The molecular weight excluding hydrogens is 443 g/mol. The maximum atomic E-state index is 15.6. The standard InChI is InChI=1S/C28H27FN4O2/c29-23-13-19(22-14-30-24-4-2-1-3-20(22)24)7-8-21(23)25-31-28(10-11-28)27(35)33(25)16-17-9-12-32(15-17)26(34)18-5-6-18/h1-4,7-8,13-14,17-18,30H,5-6,9-12,15-16H2/t17-/m1/s1. The van der Waals surface area contributed by atoms with Gasteiger partial charge in [0.15, 0.2) is 0 Å². The Bertz CT molecular complexity index is 1400. The molecule has 1 saturated heterocycles. The molecule has 0 radical (unpaired) electrons. The van der Waals surface area contributed by atoms with Crippen molar-refractivity contribution >= 4 is 28.6 Å². The first-order chi connectivity index (χ1) is 17.0. The summed E-state index contributed by atoms with van der Waals surface area (Å²) < 4.78 is 15.6. The summed E-state index contributed by atoms with van der Waals surface area (Å²) in [6.07, 6.45) is 6.20. The first-order valence-electron chi connectivity index (χ1n) is 12.6. The highest BCUT2D eigenvalue weighted by molar-refractivity contribution is 6.16. The molecule has 2 aliphatic carbocycles. The molecule has 6 nitrogen and oxygen atoms in total. The average Bonchev–Trinajstić information content (AvgIpc) is 3.75. The highest BCUT2D eigenvalue weighted by Gasteiger charge is 2.58. The monoisotopic (exact) mass is 470 g/mol. The van der Waals surface area contributed by atoms with Crippen molar-refractivity contribution in [3.05, 3.63) is 60.0 Å². The molecule has 2 amide bonds. The zero-order valence-electron chi connectivity index (χ0n) is 19.5. The Kier molecular flexibility index (Phi) is 4.47. The number of hydrogen-bond acceptors (Lipinski definition) is 3. The highest BCUT2D eigenvalue weighted by atomic mass is 19.1. The second kappa shape index (κ2) is 7.51. The van der Waals surface area contributed by atoms with Gasteiger partial charge in [-0.15, -0.1) is 0 Å². The molecule has 1 N–H and O–H groups in total. The fraction of sp³-hybridized carbons (Fsp3) is 0.393. The van der Waals surface area contributed by atoms with E-state index in [9.17, 15) is 9.59 Å². The van der Waals surface area contributed by atoms with Crippen molar-refractivity contribution in [1.82, 2.24) is 14.8 Å². The lowest BCUT2D eigenvalue weighted by Crippen LogP contribution is -2.41. The molecule has 7 heteroatoms. The Hall–Kier alpha value is -3.48. The Morgan fingerprint density at radius 2 is 1.94 bits per heavy atom. The topological polar surface area (TPSA) is 68.8 Å². The fourth-order valence-electron chi connectivity index (χ4n) is 5.68. The molecule has 4 aliphatic rings. The van der Waals surface area contributed by atoms with Gasteiger partial charge >= 0.3 is 0 Å². The van der Waals surface area contributed by atoms with Gasteiger partial charge in [0.2, 0.25) is 5.91 Å². The van der Waals surface area contributed by atoms with E-state index in [0.717, 1.165) is 60.7 Å². The summed E-state index contributed by atoms with van der Waals surface area (Å²) in [5.41, 5.74) is 2.41. The number of halogens is 1. The third-order valence-electron chi connectivity index (χ3n) is 8.02. The largest absolute Gasteiger partial charge is 0.361 e. The quantitative estimate of drug-likeness (QED) is 0.602. The molecule has 3 fully saturated rings. The number of hydrogen-bond donors (Lipinski definition) is 1. The number of amidine groups is 1. The van der Waals surface area contributed by atoms with Crippen molar-refractivity contribution in [2.24, 2.45) is 16.8 Å². The van der Waals surface area contributed by atoms with Crippen LogP contribution in [0.5, 0.6) is 0 Å². The first kappa shape index (κ1) is 20.9. The number of carbonyl (C=O) groups excluding carboxylic acids is 2. The summed E-state index contributed by atoms with van der Waals surface area (Å²) in [7, 11) is 0. The Balaban J connectivity index is 1.17. The van der Waals surface area contributed by atoms with Crippen LogP contribution in [0.1, 0.15) is 37.7 Å². The number of rotatable bonds is 5. The van der Waals surface area contributed by atoms with Crippen LogP contribution >= 0.6 is 0 Å². The van der Waals surface area contributed by atoms with Crippen molar-refractivity contribution < 1.29 is 14.0 Å². The number of fused-ring (bicyclic) bond motifs is 1. The van der Waals surface area contributed by atoms with Crippen LogP contribution < -0.4 is 0 Å². The fourth-order valence-corrected chi connectivity index (χ4v) is 5.68. The number of amides is 2. The summed E-state index contributed by atoms with van der Waals surface area (Å²) in [5, 5.41) is 1.04. The predicted molar refractivity (Wildman–Crippen MR) is 131 cm³/mol. The van der Waals surface area contributed by atoms with Crippen LogP contribution in [0.2, 0.25) is 0 Å². The third-order valence-corrected chi connectivity index (χ3v) is 8.02. The minimum Gasteiger partial charge on any atom is -0.361 e.